The Morgan fingerprint density at radius 1 is 1.31 bits per heavy atom. The molecule has 0 aliphatic carbocycles. The highest BCUT2D eigenvalue weighted by Gasteiger charge is 2.30. The maximum Gasteiger partial charge on any atom is 0.235 e. The van der Waals surface area contributed by atoms with Crippen molar-refractivity contribution in [2.45, 2.75) is 49.9 Å². The number of aryl methyl sites for hydroxylation is 1. The summed E-state index contributed by atoms with van der Waals surface area (Å²) < 4.78 is 6.62. The third-order valence-corrected chi connectivity index (χ3v) is 6.93. The second kappa shape index (κ2) is 7.62. The van der Waals surface area contributed by atoms with E-state index < -0.39 is 10.3 Å². The molecule has 9 heteroatoms. The maximum absolute atomic E-state index is 12.3. The monoisotopic (exact) mass is 434 g/mol. The molecule has 0 saturated heterocycles. The maximum atomic E-state index is 12.3. The highest BCUT2D eigenvalue weighted by atomic mass is 32.2. The Balaban J connectivity index is 2.11. The number of hydrogen-bond donors (Lipinski definition) is 2. The summed E-state index contributed by atoms with van der Waals surface area (Å²) in [6, 6.07) is 5.84. The lowest BCUT2D eigenvalue weighted by atomic mass is 10.1. The standard InChI is InChI=1S/C20H26N4O3S2/c1-11-15(24-18(22-11)28-17(23-24)19(2,3)26)12-8-9-13(27-7)14(10-12)29-20(4,5)16(25)21-6/h8-10,26H,1-7H3,(H,21,25). The lowest BCUT2D eigenvalue weighted by molar-refractivity contribution is -0.122. The van der Waals surface area contributed by atoms with Crippen LogP contribution in [-0.2, 0) is 10.4 Å². The molecule has 0 aliphatic rings. The van der Waals surface area contributed by atoms with Gasteiger partial charge in [-0.05, 0) is 52.8 Å². The van der Waals surface area contributed by atoms with Gasteiger partial charge in [0.15, 0.2) is 0 Å². The van der Waals surface area contributed by atoms with Gasteiger partial charge in [-0.25, -0.2) is 9.50 Å². The van der Waals surface area contributed by atoms with Crippen LogP contribution in [0.2, 0.25) is 0 Å². The molecule has 0 atom stereocenters. The number of ether oxygens (including phenoxy) is 1. The topological polar surface area (TPSA) is 88.8 Å². The van der Waals surface area contributed by atoms with Crippen LogP contribution in [0.4, 0.5) is 0 Å². The van der Waals surface area contributed by atoms with E-state index in [9.17, 15) is 9.90 Å². The zero-order valence-electron chi connectivity index (χ0n) is 17.7. The molecule has 0 bridgehead atoms. The van der Waals surface area contributed by atoms with Gasteiger partial charge in [0, 0.05) is 12.6 Å². The second-order valence-corrected chi connectivity index (χ2v) is 10.4. The SMILES string of the molecule is CNC(=O)C(C)(C)Sc1cc(-c2c(C)nc3sc(C(C)(C)O)nn23)ccc1OC. The summed E-state index contributed by atoms with van der Waals surface area (Å²) in [6.07, 6.45) is 0. The predicted molar refractivity (Wildman–Crippen MR) is 117 cm³/mol. The number of aliphatic hydroxyl groups is 1. The van der Waals surface area contributed by atoms with Crippen LogP contribution in [-0.4, -0.2) is 44.5 Å². The molecule has 2 aromatic heterocycles. The van der Waals surface area contributed by atoms with E-state index in [2.05, 4.69) is 15.4 Å². The van der Waals surface area contributed by atoms with Crippen molar-refractivity contribution >= 4 is 34.0 Å². The van der Waals surface area contributed by atoms with Crippen LogP contribution in [0, 0.1) is 6.92 Å². The number of hydrogen-bond acceptors (Lipinski definition) is 7. The van der Waals surface area contributed by atoms with Crippen LogP contribution in [0.15, 0.2) is 23.1 Å². The highest BCUT2D eigenvalue weighted by Crippen LogP contribution is 2.41. The summed E-state index contributed by atoms with van der Waals surface area (Å²) in [5, 5.41) is 18.2. The molecule has 0 radical (unpaired) electrons. The fraction of sp³-hybridized carbons (Fsp3) is 0.450. The zero-order valence-corrected chi connectivity index (χ0v) is 19.3. The second-order valence-electron chi connectivity index (χ2n) is 7.76. The van der Waals surface area contributed by atoms with Crippen molar-refractivity contribution in [2.24, 2.45) is 0 Å². The van der Waals surface area contributed by atoms with E-state index >= 15 is 0 Å². The molecule has 1 aromatic carbocycles. The number of methoxy groups -OCH3 is 1. The van der Waals surface area contributed by atoms with E-state index in [0.29, 0.717) is 10.8 Å². The zero-order chi connectivity index (χ0) is 21.6. The fourth-order valence-corrected chi connectivity index (χ4v) is 5.08. The van der Waals surface area contributed by atoms with Crippen LogP contribution in [0.1, 0.15) is 38.4 Å². The number of nitrogens with zero attached hydrogens (tertiary/aromatic N) is 3. The number of carbonyl (C=O) groups excluding carboxylic acids is 1. The number of aromatic nitrogens is 3. The van der Waals surface area contributed by atoms with Crippen molar-refractivity contribution in [3.05, 3.63) is 28.9 Å². The summed E-state index contributed by atoms with van der Waals surface area (Å²) in [5.74, 6) is 0.636. The van der Waals surface area contributed by atoms with Gasteiger partial charge in [0.2, 0.25) is 10.9 Å². The van der Waals surface area contributed by atoms with Gasteiger partial charge in [-0.15, -0.1) is 11.8 Å². The average Bonchev–Trinajstić information content (AvgIpc) is 3.17. The van der Waals surface area contributed by atoms with Crippen LogP contribution in [0.25, 0.3) is 16.2 Å². The molecule has 2 N–H and O–H groups in total. The van der Waals surface area contributed by atoms with Gasteiger partial charge >= 0.3 is 0 Å². The first kappa shape index (κ1) is 21.6. The van der Waals surface area contributed by atoms with Gasteiger partial charge < -0.3 is 15.2 Å². The Bertz CT molecular complexity index is 1060. The number of benzene rings is 1. The smallest absolute Gasteiger partial charge is 0.235 e. The molecule has 1 amide bonds. The summed E-state index contributed by atoms with van der Waals surface area (Å²) in [6.45, 7) is 9.11. The van der Waals surface area contributed by atoms with Crippen molar-refractivity contribution in [1.82, 2.24) is 19.9 Å². The number of nitrogens with one attached hydrogen (secondary N) is 1. The molecule has 0 aliphatic heterocycles. The molecule has 3 rings (SSSR count). The van der Waals surface area contributed by atoms with Crippen LogP contribution >= 0.6 is 23.1 Å². The van der Waals surface area contributed by atoms with E-state index in [1.165, 1.54) is 23.1 Å². The predicted octanol–water partition coefficient (Wildman–Crippen LogP) is 3.62. The van der Waals surface area contributed by atoms with Crippen LogP contribution in [0.3, 0.4) is 0 Å². The Labute approximate surface area is 178 Å². The summed E-state index contributed by atoms with van der Waals surface area (Å²) >= 11 is 2.81. The molecule has 0 unspecified atom stereocenters. The van der Waals surface area contributed by atoms with Gasteiger partial charge in [0.1, 0.15) is 16.4 Å². The van der Waals surface area contributed by atoms with E-state index in [0.717, 1.165) is 26.8 Å². The highest BCUT2D eigenvalue weighted by molar-refractivity contribution is 8.01. The number of carbonyl (C=O) groups is 1. The molecule has 2 heterocycles. The van der Waals surface area contributed by atoms with E-state index in [1.807, 2.05) is 39.0 Å². The molecule has 0 spiro atoms. The van der Waals surface area contributed by atoms with Gasteiger partial charge in [-0.1, -0.05) is 11.3 Å². The van der Waals surface area contributed by atoms with E-state index in [1.54, 1.807) is 32.5 Å². The lowest BCUT2D eigenvalue weighted by Crippen LogP contribution is -2.37. The van der Waals surface area contributed by atoms with E-state index in [-0.39, 0.29) is 5.91 Å². The molecular formula is C20H26N4O3S2. The van der Waals surface area contributed by atoms with Gasteiger partial charge in [-0.3, -0.25) is 4.79 Å². The van der Waals surface area contributed by atoms with Crippen molar-refractivity contribution in [2.75, 3.05) is 14.2 Å². The minimum absolute atomic E-state index is 0.0628. The third-order valence-electron chi connectivity index (χ3n) is 4.48. The summed E-state index contributed by atoms with van der Waals surface area (Å²) in [7, 11) is 3.25. The van der Waals surface area contributed by atoms with Crippen molar-refractivity contribution < 1.29 is 14.6 Å². The first-order chi connectivity index (χ1) is 13.5. The molecular weight excluding hydrogens is 408 g/mol. The average molecular weight is 435 g/mol. The fourth-order valence-electron chi connectivity index (χ4n) is 2.95. The van der Waals surface area contributed by atoms with Crippen molar-refractivity contribution in [3.63, 3.8) is 0 Å². The molecule has 29 heavy (non-hydrogen) atoms. The lowest BCUT2D eigenvalue weighted by Gasteiger charge is -2.23. The number of thioether (sulfide) groups is 1. The first-order valence-electron chi connectivity index (χ1n) is 9.16. The Kier molecular flexibility index (Phi) is 5.68. The molecule has 0 saturated carbocycles. The molecule has 156 valence electrons. The molecule has 0 fully saturated rings. The minimum Gasteiger partial charge on any atom is -0.496 e. The number of amides is 1. The quantitative estimate of drug-likeness (QED) is 0.576. The summed E-state index contributed by atoms with van der Waals surface area (Å²) in [4.78, 5) is 18.5. The van der Waals surface area contributed by atoms with Crippen molar-refractivity contribution in [3.8, 4) is 17.0 Å². The molecule has 3 aromatic rings. The van der Waals surface area contributed by atoms with Crippen LogP contribution in [0.5, 0.6) is 5.75 Å². The first-order valence-corrected chi connectivity index (χ1v) is 10.8. The summed E-state index contributed by atoms with van der Waals surface area (Å²) in [5.41, 5.74) is 1.58. The van der Waals surface area contributed by atoms with Crippen LogP contribution < -0.4 is 10.1 Å². The number of fused-ring (bicyclic) bond motifs is 1. The minimum atomic E-state index is -1.03. The van der Waals surface area contributed by atoms with E-state index in [4.69, 9.17) is 4.74 Å². The Hall–Kier alpha value is -2.10. The van der Waals surface area contributed by atoms with Gasteiger partial charge in [-0.2, -0.15) is 5.10 Å². The third kappa shape index (κ3) is 4.12. The Morgan fingerprint density at radius 3 is 2.59 bits per heavy atom. The normalized spacial score (nSPS) is 12.4. The Morgan fingerprint density at radius 2 is 2.00 bits per heavy atom. The van der Waals surface area contributed by atoms with Gasteiger partial charge in [0.25, 0.3) is 0 Å². The largest absolute Gasteiger partial charge is 0.496 e. The van der Waals surface area contributed by atoms with Crippen molar-refractivity contribution in [1.29, 1.82) is 0 Å². The molecule has 7 nitrogen and oxygen atoms in total. The number of imidazole rings is 1. The number of rotatable bonds is 6. The van der Waals surface area contributed by atoms with Gasteiger partial charge in [0.05, 0.1) is 28.1 Å².